The van der Waals surface area contributed by atoms with Crippen LogP contribution in [-0.2, 0) is 18.8 Å². The predicted molar refractivity (Wildman–Crippen MR) is 93.4 cm³/mol. The molecular formula is C18H24BNO5. The molecular weight excluding hydrogens is 321 g/mol. The highest BCUT2D eigenvalue weighted by Crippen LogP contribution is 2.23. The van der Waals surface area contributed by atoms with Gasteiger partial charge in [-0.15, -0.1) is 0 Å². The number of benzene rings is 1. The maximum Gasteiger partial charge on any atom is 0.494 e. The minimum atomic E-state index is -0.620. The maximum absolute atomic E-state index is 12.1. The third-order valence-electron chi connectivity index (χ3n) is 3.68. The Bertz CT molecular complexity index is 620. The Kier molecular flexibility index (Phi) is 6.46. The van der Waals surface area contributed by atoms with E-state index in [0.29, 0.717) is 6.42 Å². The van der Waals surface area contributed by atoms with E-state index in [1.807, 2.05) is 45.0 Å². The number of methoxy groups -OCH3 is 1. The summed E-state index contributed by atoms with van der Waals surface area (Å²) in [6.45, 7) is 5.48. The lowest BCUT2D eigenvalue weighted by atomic mass is 9.76. The van der Waals surface area contributed by atoms with Crippen LogP contribution in [0.25, 0.3) is 0 Å². The maximum atomic E-state index is 12.1. The molecule has 0 N–H and O–H groups in total. The summed E-state index contributed by atoms with van der Waals surface area (Å²) in [7, 11) is 0.980. The summed E-state index contributed by atoms with van der Waals surface area (Å²) in [4.78, 5) is 12.1. The third-order valence-corrected chi connectivity index (χ3v) is 3.68. The van der Waals surface area contributed by atoms with Gasteiger partial charge in [-0.2, -0.15) is 5.26 Å². The first-order valence-corrected chi connectivity index (χ1v) is 8.34. The Hall–Kier alpha value is -2.04. The number of ether oxygens (including phenoxy) is 2. The number of nitrogens with zero attached hydrogens (tertiary/aromatic N) is 1. The predicted octanol–water partition coefficient (Wildman–Crippen LogP) is 2.21. The first-order valence-electron chi connectivity index (χ1n) is 8.34. The van der Waals surface area contributed by atoms with Gasteiger partial charge in [0.25, 0.3) is 0 Å². The van der Waals surface area contributed by atoms with Gasteiger partial charge in [-0.1, -0.05) is 12.1 Å². The van der Waals surface area contributed by atoms with Crippen molar-refractivity contribution in [2.45, 2.75) is 57.8 Å². The Morgan fingerprint density at radius 1 is 1.28 bits per heavy atom. The van der Waals surface area contributed by atoms with Crippen LogP contribution >= 0.6 is 0 Å². The Balaban J connectivity index is 2.07. The molecule has 1 aliphatic rings. The van der Waals surface area contributed by atoms with Crippen LogP contribution < -0.4 is 10.2 Å². The van der Waals surface area contributed by atoms with Gasteiger partial charge < -0.3 is 18.8 Å². The molecule has 0 aromatic heterocycles. The van der Waals surface area contributed by atoms with Gasteiger partial charge in [0.2, 0.25) is 0 Å². The number of rotatable bonds is 5. The zero-order chi connectivity index (χ0) is 18.4. The van der Waals surface area contributed by atoms with Gasteiger partial charge in [-0.3, -0.25) is 4.79 Å². The van der Waals surface area contributed by atoms with Crippen LogP contribution in [0.5, 0.6) is 5.75 Å². The number of hydrogen-bond donors (Lipinski definition) is 0. The SMILES string of the molecule is COc1ccc(B2O[C@H](CC(=O)OC(C)(C)C)C[C@H](CC#N)O2)cc1. The zero-order valence-electron chi connectivity index (χ0n) is 15.2. The topological polar surface area (TPSA) is 77.8 Å². The average Bonchev–Trinajstić information content (AvgIpc) is 2.53. The highest BCUT2D eigenvalue weighted by atomic mass is 16.6. The normalized spacial score (nSPS) is 20.7. The van der Waals surface area contributed by atoms with Gasteiger partial charge in [-0.05, 0) is 44.8 Å². The van der Waals surface area contributed by atoms with E-state index in [-0.39, 0.29) is 31.0 Å². The number of hydrogen-bond acceptors (Lipinski definition) is 6. The summed E-state index contributed by atoms with van der Waals surface area (Å²) in [5.74, 6) is 0.419. The van der Waals surface area contributed by atoms with E-state index < -0.39 is 12.7 Å². The molecule has 6 nitrogen and oxygen atoms in total. The van der Waals surface area contributed by atoms with Crippen LogP contribution in [0.2, 0.25) is 0 Å². The summed E-state index contributed by atoms with van der Waals surface area (Å²) in [5, 5.41) is 8.99. The van der Waals surface area contributed by atoms with Gasteiger partial charge >= 0.3 is 13.1 Å². The van der Waals surface area contributed by atoms with E-state index in [1.54, 1.807) is 7.11 Å². The van der Waals surface area contributed by atoms with Crippen LogP contribution in [0.3, 0.4) is 0 Å². The monoisotopic (exact) mass is 345 g/mol. The summed E-state index contributed by atoms with van der Waals surface area (Å²) in [6, 6.07) is 9.46. The fraction of sp³-hybridized carbons (Fsp3) is 0.556. The van der Waals surface area contributed by atoms with Crippen molar-refractivity contribution in [2.75, 3.05) is 7.11 Å². The minimum absolute atomic E-state index is 0.134. The summed E-state index contributed by atoms with van der Waals surface area (Å²) < 4.78 is 22.3. The second-order valence-corrected chi connectivity index (χ2v) is 7.01. The van der Waals surface area contributed by atoms with E-state index in [0.717, 1.165) is 11.2 Å². The van der Waals surface area contributed by atoms with Gasteiger partial charge in [0.15, 0.2) is 0 Å². The third kappa shape index (κ3) is 6.07. The van der Waals surface area contributed by atoms with E-state index in [2.05, 4.69) is 6.07 Å². The molecule has 134 valence electrons. The molecule has 0 unspecified atom stereocenters. The number of carbonyl (C=O) groups is 1. The molecule has 0 bridgehead atoms. The largest absolute Gasteiger partial charge is 0.497 e. The Labute approximate surface area is 149 Å². The van der Waals surface area contributed by atoms with Crippen molar-refractivity contribution in [1.82, 2.24) is 0 Å². The van der Waals surface area contributed by atoms with Crippen LogP contribution in [0.4, 0.5) is 0 Å². The van der Waals surface area contributed by atoms with Gasteiger partial charge in [0, 0.05) is 0 Å². The molecule has 1 heterocycles. The molecule has 1 fully saturated rings. The van der Waals surface area contributed by atoms with E-state index in [4.69, 9.17) is 24.0 Å². The fourth-order valence-electron chi connectivity index (χ4n) is 2.64. The molecule has 1 aromatic rings. The summed E-state index contributed by atoms with van der Waals surface area (Å²) in [5.41, 5.74) is 0.279. The smallest absolute Gasteiger partial charge is 0.494 e. The quantitative estimate of drug-likeness (QED) is 0.601. The van der Waals surface area contributed by atoms with Crippen molar-refractivity contribution in [2.24, 2.45) is 0 Å². The summed E-state index contributed by atoms with van der Waals surface area (Å²) >= 11 is 0. The standard InChI is InChI=1S/C18H24BNO5/c1-18(2,3)23-17(21)12-16-11-15(9-10-20)24-19(25-16)13-5-7-14(22-4)8-6-13/h5-8,15-16H,9,11-12H2,1-4H3/t15-,16-/m0/s1. The van der Waals surface area contributed by atoms with Crippen LogP contribution in [-0.4, -0.2) is 38.0 Å². The fourth-order valence-corrected chi connectivity index (χ4v) is 2.64. The van der Waals surface area contributed by atoms with Crippen LogP contribution in [0.1, 0.15) is 40.0 Å². The molecule has 0 aliphatic carbocycles. The Morgan fingerprint density at radius 2 is 1.92 bits per heavy atom. The molecule has 25 heavy (non-hydrogen) atoms. The van der Waals surface area contributed by atoms with E-state index in [1.165, 1.54) is 0 Å². The molecule has 1 aliphatic heterocycles. The average molecular weight is 345 g/mol. The van der Waals surface area contributed by atoms with Gasteiger partial charge in [0.1, 0.15) is 11.4 Å². The molecule has 2 rings (SSSR count). The van der Waals surface area contributed by atoms with Gasteiger partial charge in [-0.25, -0.2) is 0 Å². The second kappa shape index (κ2) is 8.37. The van der Waals surface area contributed by atoms with Crippen molar-refractivity contribution < 1.29 is 23.6 Å². The lowest BCUT2D eigenvalue weighted by Crippen LogP contribution is -2.49. The lowest BCUT2D eigenvalue weighted by molar-refractivity contribution is -0.157. The Morgan fingerprint density at radius 3 is 2.48 bits per heavy atom. The van der Waals surface area contributed by atoms with Gasteiger partial charge in [0.05, 0.1) is 38.2 Å². The van der Waals surface area contributed by atoms with Crippen molar-refractivity contribution >= 4 is 18.6 Å². The molecule has 0 saturated carbocycles. The number of esters is 1. The van der Waals surface area contributed by atoms with Crippen molar-refractivity contribution in [3.8, 4) is 11.8 Å². The molecule has 1 aromatic carbocycles. The molecule has 2 atom stereocenters. The molecule has 0 spiro atoms. The zero-order valence-corrected chi connectivity index (χ0v) is 15.2. The van der Waals surface area contributed by atoms with Crippen molar-refractivity contribution in [1.29, 1.82) is 5.26 Å². The molecule has 7 heteroatoms. The van der Waals surface area contributed by atoms with Crippen LogP contribution in [0.15, 0.2) is 24.3 Å². The highest BCUT2D eigenvalue weighted by Gasteiger charge is 2.37. The molecule has 0 amide bonds. The lowest BCUT2D eigenvalue weighted by Gasteiger charge is -2.33. The molecule has 0 radical (unpaired) electrons. The van der Waals surface area contributed by atoms with E-state index >= 15 is 0 Å². The van der Waals surface area contributed by atoms with Crippen LogP contribution in [0, 0.1) is 11.3 Å². The summed E-state index contributed by atoms with van der Waals surface area (Å²) in [6.07, 6.45) is 0.238. The first kappa shape index (κ1) is 19.3. The first-order chi connectivity index (χ1) is 11.8. The highest BCUT2D eigenvalue weighted by molar-refractivity contribution is 6.61. The van der Waals surface area contributed by atoms with Crippen molar-refractivity contribution in [3.63, 3.8) is 0 Å². The second-order valence-electron chi connectivity index (χ2n) is 7.01. The minimum Gasteiger partial charge on any atom is -0.497 e. The number of nitriles is 1. The number of carbonyl (C=O) groups excluding carboxylic acids is 1. The van der Waals surface area contributed by atoms with Crippen molar-refractivity contribution in [3.05, 3.63) is 24.3 Å². The molecule has 1 saturated heterocycles. The van der Waals surface area contributed by atoms with E-state index in [9.17, 15) is 4.79 Å².